The quantitative estimate of drug-likeness (QED) is 0.887. The Hall–Kier alpha value is -1.11. The van der Waals surface area contributed by atoms with Gasteiger partial charge in [0.15, 0.2) is 0 Å². The molecule has 1 aliphatic heterocycles. The van der Waals surface area contributed by atoms with Crippen LogP contribution in [0.4, 0.5) is 0 Å². The number of sulfonamides is 1. The summed E-state index contributed by atoms with van der Waals surface area (Å²) in [6, 6.07) is 7.60. The Morgan fingerprint density at radius 3 is 2.90 bits per heavy atom. The molecule has 1 atom stereocenters. The zero-order valence-corrected chi connectivity index (χ0v) is 12.8. The Labute approximate surface area is 121 Å². The first-order chi connectivity index (χ1) is 9.55. The highest BCUT2D eigenvalue weighted by Crippen LogP contribution is 2.24. The second-order valence-corrected chi connectivity index (χ2v) is 7.30. The number of nitrogens with zero attached hydrogens (tertiary/aromatic N) is 1. The van der Waals surface area contributed by atoms with Crippen molar-refractivity contribution in [2.45, 2.75) is 25.6 Å². The Balaban J connectivity index is 2.16. The number of rotatable bonds is 5. The zero-order valence-electron chi connectivity index (χ0n) is 12.0. The van der Waals surface area contributed by atoms with Gasteiger partial charge < -0.3 is 10.1 Å². The van der Waals surface area contributed by atoms with Crippen LogP contribution in [-0.4, -0.2) is 44.2 Å². The maximum Gasteiger partial charge on any atom is 0.218 e. The smallest absolute Gasteiger partial charge is 0.218 e. The lowest BCUT2D eigenvalue weighted by Gasteiger charge is -2.24. The molecule has 1 N–H and O–H groups in total. The van der Waals surface area contributed by atoms with E-state index in [1.54, 1.807) is 6.92 Å². The fraction of sp³-hybridized carbons (Fsp3) is 0.571. The Bertz CT molecular complexity index is 545. The molecular weight excluding hydrogens is 276 g/mol. The maximum absolute atomic E-state index is 12.6. The molecule has 20 heavy (non-hydrogen) atoms. The summed E-state index contributed by atoms with van der Waals surface area (Å²) in [4.78, 5) is 0. The predicted molar refractivity (Wildman–Crippen MR) is 79.3 cm³/mol. The Morgan fingerprint density at radius 2 is 2.15 bits per heavy atom. The van der Waals surface area contributed by atoms with Crippen LogP contribution in [0.15, 0.2) is 24.3 Å². The fourth-order valence-corrected chi connectivity index (χ4v) is 3.71. The highest BCUT2D eigenvalue weighted by atomic mass is 32.2. The number of benzene rings is 1. The van der Waals surface area contributed by atoms with Crippen molar-refractivity contribution >= 4 is 10.0 Å². The fourth-order valence-electron chi connectivity index (χ4n) is 2.23. The number of fused-ring (bicyclic) bond motifs is 1. The van der Waals surface area contributed by atoms with E-state index in [0.29, 0.717) is 26.2 Å². The van der Waals surface area contributed by atoms with Gasteiger partial charge in [-0.3, -0.25) is 0 Å². The van der Waals surface area contributed by atoms with E-state index in [0.717, 1.165) is 17.9 Å². The molecule has 112 valence electrons. The van der Waals surface area contributed by atoms with Gasteiger partial charge in [-0.25, -0.2) is 8.42 Å². The molecule has 1 heterocycles. The molecule has 5 nitrogen and oxygen atoms in total. The maximum atomic E-state index is 12.6. The molecule has 0 bridgehead atoms. The van der Waals surface area contributed by atoms with Crippen molar-refractivity contribution in [2.24, 2.45) is 0 Å². The van der Waals surface area contributed by atoms with Crippen molar-refractivity contribution in [1.82, 2.24) is 9.62 Å². The lowest BCUT2D eigenvalue weighted by Crippen LogP contribution is -2.42. The molecule has 0 saturated carbocycles. The average Bonchev–Trinajstić information content (AvgIpc) is 2.67. The summed E-state index contributed by atoms with van der Waals surface area (Å²) >= 11 is 0. The largest absolute Gasteiger partial charge is 0.492 e. The van der Waals surface area contributed by atoms with Crippen LogP contribution in [0.25, 0.3) is 0 Å². The molecule has 0 amide bonds. The summed E-state index contributed by atoms with van der Waals surface area (Å²) in [5.41, 5.74) is 0.921. The van der Waals surface area contributed by atoms with Crippen molar-refractivity contribution in [3.05, 3.63) is 29.8 Å². The van der Waals surface area contributed by atoms with E-state index in [9.17, 15) is 8.42 Å². The van der Waals surface area contributed by atoms with Crippen LogP contribution in [0.3, 0.4) is 0 Å². The molecule has 0 aliphatic carbocycles. The first kappa shape index (κ1) is 15.3. The van der Waals surface area contributed by atoms with E-state index in [-0.39, 0.29) is 0 Å². The third-order valence-electron chi connectivity index (χ3n) is 3.47. The molecule has 0 fully saturated rings. The van der Waals surface area contributed by atoms with Gasteiger partial charge in [-0.05, 0) is 19.5 Å². The lowest BCUT2D eigenvalue weighted by molar-refractivity contribution is 0.291. The first-order valence-corrected chi connectivity index (χ1v) is 8.46. The van der Waals surface area contributed by atoms with Crippen molar-refractivity contribution < 1.29 is 13.2 Å². The monoisotopic (exact) mass is 298 g/mol. The summed E-state index contributed by atoms with van der Waals surface area (Å²) < 4.78 is 32.3. The molecule has 0 radical (unpaired) electrons. The van der Waals surface area contributed by atoms with Crippen LogP contribution >= 0.6 is 0 Å². The van der Waals surface area contributed by atoms with E-state index < -0.39 is 15.3 Å². The van der Waals surface area contributed by atoms with Gasteiger partial charge in [0.2, 0.25) is 10.0 Å². The van der Waals surface area contributed by atoms with Crippen LogP contribution in [0.5, 0.6) is 5.75 Å². The van der Waals surface area contributed by atoms with E-state index in [2.05, 4.69) is 5.32 Å². The highest BCUT2D eigenvalue weighted by Gasteiger charge is 2.30. The van der Waals surface area contributed by atoms with Crippen LogP contribution in [0.1, 0.15) is 19.4 Å². The van der Waals surface area contributed by atoms with Crippen LogP contribution < -0.4 is 10.1 Å². The lowest BCUT2D eigenvalue weighted by atomic mass is 10.2. The third kappa shape index (κ3) is 3.31. The van der Waals surface area contributed by atoms with Crippen molar-refractivity contribution in [2.75, 3.05) is 26.2 Å². The van der Waals surface area contributed by atoms with E-state index in [1.807, 2.05) is 31.2 Å². The molecule has 1 aliphatic rings. The first-order valence-electron chi connectivity index (χ1n) is 6.96. The van der Waals surface area contributed by atoms with Gasteiger partial charge in [-0.1, -0.05) is 25.1 Å². The molecule has 1 aromatic rings. The van der Waals surface area contributed by atoms with E-state index >= 15 is 0 Å². The van der Waals surface area contributed by atoms with Crippen LogP contribution in [0.2, 0.25) is 0 Å². The van der Waals surface area contributed by atoms with Gasteiger partial charge in [0.1, 0.15) is 12.4 Å². The Morgan fingerprint density at radius 1 is 1.40 bits per heavy atom. The molecule has 2 rings (SSSR count). The van der Waals surface area contributed by atoms with Crippen molar-refractivity contribution in [3.8, 4) is 5.75 Å². The topological polar surface area (TPSA) is 58.6 Å². The molecule has 0 spiro atoms. The number of hydrogen-bond donors (Lipinski definition) is 1. The minimum absolute atomic E-state index is 0.384. The summed E-state index contributed by atoms with van der Waals surface area (Å²) in [6.07, 6.45) is 0. The normalized spacial score (nSPS) is 17.9. The highest BCUT2D eigenvalue weighted by molar-refractivity contribution is 7.89. The van der Waals surface area contributed by atoms with E-state index in [1.165, 1.54) is 4.31 Å². The Kier molecular flexibility index (Phi) is 5.01. The van der Waals surface area contributed by atoms with Crippen molar-refractivity contribution in [1.29, 1.82) is 0 Å². The molecule has 0 saturated heterocycles. The van der Waals surface area contributed by atoms with Gasteiger partial charge in [0, 0.05) is 25.2 Å². The van der Waals surface area contributed by atoms with Gasteiger partial charge in [0.05, 0.1) is 5.25 Å². The molecule has 1 unspecified atom stereocenters. The minimum Gasteiger partial charge on any atom is -0.492 e. The number of nitrogens with one attached hydrogen (secondary N) is 1. The minimum atomic E-state index is -3.31. The van der Waals surface area contributed by atoms with Crippen LogP contribution in [0, 0.1) is 0 Å². The summed E-state index contributed by atoms with van der Waals surface area (Å²) in [7, 11) is -3.31. The molecule has 0 aromatic heterocycles. The molecule has 1 aromatic carbocycles. The summed E-state index contributed by atoms with van der Waals surface area (Å²) in [5, 5.41) is 2.65. The van der Waals surface area contributed by atoms with Crippen LogP contribution in [-0.2, 0) is 16.6 Å². The third-order valence-corrected chi connectivity index (χ3v) is 5.68. The predicted octanol–water partition coefficient (Wildman–Crippen LogP) is 1.21. The van der Waals surface area contributed by atoms with E-state index in [4.69, 9.17) is 4.74 Å². The van der Waals surface area contributed by atoms with Gasteiger partial charge >= 0.3 is 0 Å². The summed E-state index contributed by atoms with van der Waals surface area (Å²) in [5.74, 6) is 0.782. The summed E-state index contributed by atoms with van der Waals surface area (Å²) in [6.45, 7) is 6.13. The molecular formula is C14H22N2O3S. The zero-order chi connectivity index (χ0) is 14.6. The van der Waals surface area contributed by atoms with Gasteiger partial charge in [-0.2, -0.15) is 4.31 Å². The van der Waals surface area contributed by atoms with Gasteiger partial charge in [0.25, 0.3) is 0 Å². The SMILES string of the molecule is CCNCC(C)S(=O)(=O)N1CCOc2ccccc2C1. The number of para-hydroxylation sites is 1. The van der Waals surface area contributed by atoms with Crippen molar-refractivity contribution in [3.63, 3.8) is 0 Å². The second kappa shape index (κ2) is 6.56. The number of ether oxygens (including phenoxy) is 1. The molecule has 6 heteroatoms. The number of hydrogen-bond acceptors (Lipinski definition) is 4. The van der Waals surface area contributed by atoms with Gasteiger partial charge in [-0.15, -0.1) is 0 Å². The standard InChI is InChI=1S/C14H22N2O3S/c1-3-15-10-12(2)20(17,18)16-8-9-19-14-7-5-4-6-13(14)11-16/h4-7,12,15H,3,8-11H2,1-2H3. The second-order valence-electron chi connectivity index (χ2n) is 4.95. The average molecular weight is 298 g/mol.